The molecule has 1 rings (SSSR count). The number of nitrogens with zero attached hydrogens (tertiary/aromatic N) is 2. The lowest BCUT2D eigenvalue weighted by atomic mass is 10.1. The third-order valence-corrected chi connectivity index (χ3v) is 2.14. The van der Waals surface area contributed by atoms with Crippen molar-refractivity contribution < 1.29 is 4.84 Å². The van der Waals surface area contributed by atoms with Crippen molar-refractivity contribution in [1.82, 2.24) is 4.90 Å². The molecular formula is C10H16N2O. The highest BCUT2D eigenvalue weighted by Gasteiger charge is 2.11. The molecule has 0 amide bonds. The number of hydrogen-bond acceptors (Lipinski definition) is 3. The fraction of sp³-hybridized carbons (Fsp3) is 0.700. The van der Waals surface area contributed by atoms with Crippen LogP contribution in [0.25, 0.3) is 0 Å². The largest absolute Gasteiger partial charge is 0.380 e. The van der Waals surface area contributed by atoms with E-state index in [2.05, 4.69) is 23.0 Å². The van der Waals surface area contributed by atoms with Crippen LogP contribution in [0.1, 0.15) is 19.8 Å². The first kappa shape index (κ1) is 10.1. The summed E-state index contributed by atoms with van der Waals surface area (Å²) in [5.41, 5.74) is 1.13. The fourth-order valence-electron chi connectivity index (χ4n) is 1.15. The van der Waals surface area contributed by atoms with E-state index in [-0.39, 0.29) is 6.10 Å². The van der Waals surface area contributed by atoms with Crippen molar-refractivity contribution in [3.8, 4) is 12.3 Å². The third-order valence-electron chi connectivity index (χ3n) is 2.14. The zero-order chi connectivity index (χ0) is 9.68. The molecule has 1 fully saturated rings. The molecule has 1 unspecified atom stereocenters. The molecule has 1 saturated heterocycles. The molecule has 0 bridgehead atoms. The number of terminal acetylenes is 1. The van der Waals surface area contributed by atoms with Gasteiger partial charge in [-0.25, -0.2) is 0 Å². The highest BCUT2D eigenvalue weighted by atomic mass is 16.6. The third kappa shape index (κ3) is 3.47. The van der Waals surface area contributed by atoms with E-state index in [4.69, 9.17) is 11.3 Å². The molecule has 3 heteroatoms. The molecule has 0 aromatic carbocycles. The fourth-order valence-corrected chi connectivity index (χ4v) is 1.15. The van der Waals surface area contributed by atoms with Crippen molar-refractivity contribution >= 4 is 5.71 Å². The molecule has 0 spiro atoms. The van der Waals surface area contributed by atoms with Crippen LogP contribution in [0.5, 0.6) is 0 Å². The van der Waals surface area contributed by atoms with E-state index in [0.29, 0.717) is 0 Å². The van der Waals surface area contributed by atoms with Gasteiger partial charge in [-0.3, -0.25) is 0 Å². The van der Waals surface area contributed by atoms with Crippen LogP contribution in [0.3, 0.4) is 0 Å². The first-order chi connectivity index (χ1) is 6.22. The van der Waals surface area contributed by atoms with Gasteiger partial charge in [-0.2, -0.15) is 0 Å². The van der Waals surface area contributed by atoms with Crippen LogP contribution in [0.2, 0.25) is 0 Å². The van der Waals surface area contributed by atoms with E-state index >= 15 is 0 Å². The lowest BCUT2D eigenvalue weighted by molar-refractivity contribution is 0.110. The number of oxime groups is 1. The quantitative estimate of drug-likeness (QED) is 0.469. The van der Waals surface area contributed by atoms with E-state index in [1.807, 2.05) is 6.92 Å². The summed E-state index contributed by atoms with van der Waals surface area (Å²) in [5, 5.41) is 4.04. The van der Waals surface area contributed by atoms with Crippen molar-refractivity contribution in [1.29, 1.82) is 0 Å². The number of hydrogen-bond donors (Lipinski definition) is 0. The second kappa shape index (κ2) is 4.88. The monoisotopic (exact) mass is 180 g/mol. The summed E-state index contributed by atoms with van der Waals surface area (Å²) >= 11 is 0. The van der Waals surface area contributed by atoms with Gasteiger partial charge in [0.2, 0.25) is 0 Å². The van der Waals surface area contributed by atoms with Crippen molar-refractivity contribution in [2.45, 2.75) is 25.9 Å². The smallest absolute Gasteiger partial charge is 0.184 e. The van der Waals surface area contributed by atoms with Gasteiger partial charge in [0, 0.05) is 25.9 Å². The van der Waals surface area contributed by atoms with E-state index in [9.17, 15) is 0 Å². The van der Waals surface area contributed by atoms with Crippen LogP contribution in [0.15, 0.2) is 5.16 Å². The Morgan fingerprint density at radius 3 is 2.69 bits per heavy atom. The Bertz CT molecular complexity index is 220. The summed E-state index contributed by atoms with van der Waals surface area (Å²) in [5.74, 6) is 2.47. The Morgan fingerprint density at radius 2 is 2.15 bits per heavy atom. The average molecular weight is 180 g/mol. The van der Waals surface area contributed by atoms with Crippen LogP contribution in [0, 0.1) is 12.3 Å². The molecule has 72 valence electrons. The molecule has 0 aromatic heterocycles. The zero-order valence-electron chi connectivity index (χ0n) is 8.29. The predicted molar refractivity (Wildman–Crippen MR) is 53.5 cm³/mol. The Kier molecular flexibility index (Phi) is 3.78. The molecule has 1 aliphatic heterocycles. The second-order valence-corrected chi connectivity index (χ2v) is 3.38. The summed E-state index contributed by atoms with van der Waals surface area (Å²) in [6.45, 7) is 3.94. The maximum atomic E-state index is 5.16. The van der Waals surface area contributed by atoms with Crippen molar-refractivity contribution in [2.24, 2.45) is 5.16 Å². The summed E-state index contributed by atoms with van der Waals surface area (Å²) in [7, 11) is 2.11. The van der Waals surface area contributed by atoms with Crippen molar-refractivity contribution in [2.75, 3.05) is 20.1 Å². The van der Waals surface area contributed by atoms with Crippen LogP contribution in [0.4, 0.5) is 0 Å². The lowest BCUT2D eigenvalue weighted by Crippen LogP contribution is -2.30. The molecule has 1 aliphatic rings. The minimum atomic E-state index is -0.216. The number of likely N-dealkylation sites (tertiary alicyclic amines) is 1. The molecule has 13 heavy (non-hydrogen) atoms. The topological polar surface area (TPSA) is 24.8 Å². The van der Waals surface area contributed by atoms with E-state index < -0.39 is 0 Å². The van der Waals surface area contributed by atoms with Gasteiger partial charge < -0.3 is 9.74 Å². The molecule has 0 saturated carbocycles. The number of rotatable bonds is 2. The van der Waals surface area contributed by atoms with Gasteiger partial charge in [0.05, 0.1) is 5.71 Å². The minimum absolute atomic E-state index is 0.216. The molecule has 0 radical (unpaired) electrons. The van der Waals surface area contributed by atoms with Gasteiger partial charge in [0.25, 0.3) is 0 Å². The Morgan fingerprint density at radius 1 is 1.54 bits per heavy atom. The minimum Gasteiger partial charge on any atom is -0.380 e. The molecular weight excluding hydrogens is 164 g/mol. The van der Waals surface area contributed by atoms with Crippen LogP contribution < -0.4 is 0 Å². The van der Waals surface area contributed by atoms with Gasteiger partial charge in [-0.15, -0.1) is 6.42 Å². The van der Waals surface area contributed by atoms with Crippen LogP contribution in [-0.4, -0.2) is 36.9 Å². The summed E-state index contributed by atoms with van der Waals surface area (Å²) in [6.07, 6.45) is 6.93. The Hall–Kier alpha value is -1.01. The maximum Gasteiger partial charge on any atom is 0.184 e. The molecule has 3 nitrogen and oxygen atoms in total. The summed E-state index contributed by atoms with van der Waals surface area (Å²) in [4.78, 5) is 7.38. The SMILES string of the molecule is C#CC(C)ON=C1CCN(C)CC1. The Labute approximate surface area is 79.7 Å². The van der Waals surface area contributed by atoms with Crippen LogP contribution >= 0.6 is 0 Å². The summed E-state index contributed by atoms with van der Waals surface area (Å²) in [6, 6.07) is 0. The molecule has 1 atom stereocenters. The second-order valence-electron chi connectivity index (χ2n) is 3.38. The molecule has 0 N–H and O–H groups in total. The van der Waals surface area contributed by atoms with E-state index in [0.717, 1.165) is 31.6 Å². The normalized spacial score (nSPS) is 20.5. The van der Waals surface area contributed by atoms with Crippen LogP contribution in [-0.2, 0) is 4.84 Å². The number of piperidine rings is 1. The Balaban J connectivity index is 2.32. The van der Waals surface area contributed by atoms with Crippen molar-refractivity contribution in [3.05, 3.63) is 0 Å². The highest BCUT2D eigenvalue weighted by molar-refractivity contribution is 5.84. The first-order valence-corrected chi connectivity index (χ1v) is 4.58. The van der Waals surface area contributed by atoms with Gasteiger partial charge in [-0.05, 0) is 14.0 Å². The van der Waals surface area contributed by atoms with Gasteiger partial charge in [0.15, 0.2) is 6.10 Å². The van der Waals surface area contributed by atoms with Gasteiger partial charge in [0.1, 0.15) is 0 Å². The molecule has 0 aromatic rings. The van der Waals surface area contributed by atoms with Crippen molar-refractivity contribution in [3.63, 3.8) is 0 Å². The molecule has 1 heterocycles. The lowest BCUT2D eigenvalue weighted by Gasteiger charge is -2.22. The average Bonchev–Trinajstić information content (AvgIpc) is 2.16. The molecule has 0 aliphatic carbocycles. The zero-order valence-corrected chi connectivity index (χ0v) is 8.29. The standard InChI is InChI=1S/C10H16N2O/c1-4-9(2)13-11-10-5-7-12(3)8-6-10/h1,9H,5-8H2,2-3H3. The predicted octanol–water partition coefficient (Wildman–Crippen LogP) is 1.11. The first-order valence-electron chi connectivity index (χ1n) is 4.58. The van der Waals surface area contributed by atoms with Gasteiger partial charge in [-0.1, -0.05) is 11.1 Å². The highest BCUT2D eigenvalue weighted by Crippen LogP contribution is 2.05. The van der Waals surface area contributed by atoms with E-state index in [1.165, 1.54) is 0 Å². The summed E-state index contributed by atoms with van der Waals surface area (Å²) < 4.78 is 0. The van der Waals surface area contributed by atoms with E-state index in [1.54, 1.807) is 0 Å². The maximum absolute atomic E-state index is 5.16. The van der Waals surface area contributed by atoms with Gasteiger partial charge >= 0.3 is 0 Å².